The fourth-order valence-electron chi connectivity index (χ4n) is 4.32. The van der Waals surface area contributed by atoms with E-state index in [0.29, 0.717) is 6.54 Å². The highest BCUT2D eigenvalue weighted by atomic mass is 16.5. The van der Waals surface area contributed by atoms with Crippen molar-refractivity contribution >= 4 is 5.91 Å². The molecule has 1 unspecified atom stereocenters. The monoisotopic (exact) mass is 382 g/mol. The second-order valence-electron chi connectivity index (χ2n) is 8.17. The Hall–Kier alpha value is -2.37. The van der Waals surface area contributed by atoms with Crippen molar-refractivity contribution in [2.45, 2.75) is 64.8 Å². The van der Waals surface area contributed by atoms with Crippen molar-refractivity contribution in [3.8, 4) is 5.75 Å². The average Bonchev–Trinajstić information content (AvgIpc) is 2.97. The van der Waals surface area contributed by atoms with Gasteiger partial charge in [-0.2, -0.15) is 0 Å². The molecule has 1 fully saturated rings. The largest absolute Gasteiger partial charge is 0.483 e. The predicted octanol–water partition coefficient (Wildman–Crippen LogP) is 3.41. The summed E-state index contributed by atoms with van der Waals surface area (Å²) in [4.78, 5) is 14.7. The number of fused-ring (bicyclic) bond motifs is 1. The summed E-state index contributed by atoms with van der Waals surface area (Å²) in [5.74, 6) is 3.32. The van der Waals surface area contributed by atoms with Crippen LogP contribution >= 0.6 is 0 Å². The van der Waals surface area contributed by atoms with Gasteiger partial charge in [0.2, 0.25) is 0 Å². The molecule has 1 aromatic carbocycles. The zero-order valence-corrected chi connectivity index (χ0v) is 17.0. The smallest absolute Gasteiger partial charge is 0.260 e. The first-order valence-electron chi connectivity index (χ1n) is 10.5. The molecule has 3 heterocycles. The van der Waals surface area contributed by atoms with Gasteiger partial charge >= 0.3 is 0 Å². The molecule has 0 saturated carbocycles. The first-order valence-corrected chi connectivity index (χ1v) is 10.5. The second-order valence-corrected chi connectivity index (χ2v) is 8.17. The summed E-state index contributed by atoms with van der Waals surface area (Å²) in [5, 5.41) is 8.96. The van der Waals surface area contributed by atoms with Crippen LogP contribution in [0.4, 0.5) is 0 Å². The molecule has 0 N–H and O–H groups in total. The highest BCUT2D eigenvalue weighted by Crippen LogP contribution is 2.28. The highest BCUT2D eigenvalue weighted by Gasteiger charge is 2.29. The Morgan fingerprint density at radius 2 is 2.04 bits per heavy atom. The number of hydrogen-bond acceptors (Lipinski definition) is 4. The lowest BCUT2D eigenvalue weighted by Crippen LogP contribution is -2.42. The summed E-state index contributed by atoms with van der Waals surface area (Å²) in [6.45, 7) is 6.66. The Morgan fingerprint density at radius 3 is 2.93 bits per heavy atom. The molecule has 150 valence electrons. The van der Waals surface area contributed by atoms with Crippen molar-refractivity contribution < 1.29 is 9.53 Å². The number of rotatable bonds is 4. The lowest BCUT2D eigenvalue weighted by Gasteiger charge is -2.32. The van der Waals surface area contributed by atoms with E-state index < -0.39 is 0 Å². The number of amides is 1. The van der Waals surface area contributed by atoms with Gasteiger partial charge in [0, 0.05) is 32.0 Å². The number of hydrogen-bond donors (Lipinski definition) is 0. The Bertz CT molecular complexity index is 845. The van der Waals surface area contributed by atoms with E-state index in [9.17, 15) is 4.79 Å². The van der Waals surface area contributed by atoms with Crippen LogP contribution in [-0.2, 0) is 17.8 Å². The van der Waals surface area contributed by atoms with Gasteiger partial charge < -0.3 is 14.2 Å². The Labute approximate surface area is 166 Å². The molecule has 4 rings (SSSR count). The minimum Gasteiger partial charge on any atom is -0.483 e. The summed E-state index contributed by atoms with van der Waals surface area (Å²) in [7, 11) is 0. The second kappa shape index (κ2) is 8.33. The molecule has 2 aliphatic rings. The summed E-state index contributed by atoms with van der Waals surface area (Å²) in [6, 6.07) is 6.08. The standard InChI is InChI=1S/C22H30N4O2/c1-16-9-10-17(2)19(13-16)28-15-21(27)25-11-6-7-18(14-25)22-24-23-20-8-4-3-5-12-26(20)22/h9-10,13,18H,3-8,11-12,14-15H2,1-2H3. The minimum atomic E-state index is 0.0567. The summed E-state index contributed by atoms with van der Waals surface area (Å²) >= 11 is 0. The average molecular weight is 383 g/mol. The van der Waals surface area contributed by atoms with Crippen LogP contribution in [-0.4, -0.2) is 45.3 Å². The van der Waals surface area contributed by atoms with Crippen molar-refractivity contribution in [2.75, 3.05) is 19.7 Å². The van der Waals surface area contributed by atoms with Crippen molar-refractivity contribution in [1.82, 2.24) is 19.7 Å². The maximum absolute atomic E-state index is 12.8. The first kappa shape index (κ1) is 19.0. The van der Waals surface area contributed by atoms with Gasteiger partial charge in [0.1, 0.15) is 17.4 Å². The van der Waals surface area contributed by atoms with E-state index in [-0.39, 0.29) is 18.4 Å². The van der Waals surface area contributed by atoms with Crippen LogP contribution in [0.3, 0.4) is 0 Å². The molecule has 2 aliphatic heterocycles. The summed E-state index contributed by atoms with van der Waals surface area (Å²) in [5.41, 5.74) is 2.19. The van der Waals surface area contributed by atoms with Gasteiger partial charge in [-0.05, 0) is 56.7 Å². The van der Waals surface area contributed by atoms with Crippen molar-refractivity contribution in [3.63, 3.8) is 0 Å². The molecule has 2 aromatic rings. The Kier molecular flexibility index (Phi) is 5.64. The van der Waals surface area contributed by atoms with Gasteiger partial charge in [-0.1, -0.05) is 18.6 Å². The molecule has 6 heteroatoms. The van der Waals surface area contributed by atoms with Crippen molar-refractivity contribution in [1.29, 1.82) is 0 Å². The maximum atomic E-state index is 12.8. The molecule has 1 atom stereocenters. The quantitative estimate of drug-likeness (QED) is 0.813. The predicted molar refractivity (Wildman–Crippen MR) is 108 cm³/mol. The van der Waals surface area contributed by atoms with E-state index in [1.165, 1.54) is 19.3 Å². The Balaban J connectivity index is 1.40. The van der Waals surface area contributed by atoms with Crippen LogP contribution in [0.25, 0.3) is 0 Å². The van der Waals surface area contributed by atoms with E-state index >= 15 is 0 Å². The van der Waals surface area contributed by atoms with Gasteiger partial charge in [0.05, 0.1) is 0 Å². The highest BCUT2D eigenvalue weighted by molar-refractivity contribution is 5.78. The third-order valence-electron chi connectivity index (χ3n) is 5.97. The van der Waals surface area contributed by atoms with E-state index in [1.807, 2.05) is 30.9 Å². The Morgan fingerprint density at radius 1 is 1.14 bits per heavy atom. The molecule has 6 nitrogen and oxygen atoms in total. The zero-order valence-electron chi connectivity index (χ0n) is 17.0. The maximum Gasteiger partial charge on any atom is 0.260 e. The topological polar surface area (TPSA) is 60.2 Å². The van der Waals surface area contributed by atoms with Gasteiger partial charge in [-0.25, -0.2) is 0 Å². The number of likely N-dealkylation sites (tertiary alicyclic amines) is 1. The third-order valence-corrected chi connectivity index (χ3v) is 5.97. The minimum absolute atomic E-state index is 0.0567. The van der Waals surface area contributed by atoms with Crippen LogP contribution in [0.15, 0.2) is 18.2 Å². The molecular formula is C22H30N4O2. The number of aryl methyl sites for hydroxylation is 3. The van der Waals surface area contributed by atoms with Gasteiger partial charge in [-0.15, -0.1) is 10.2 Å². The van der Waals surface area contributed by atoms with Crippen LogP contribution in [0.2, 0.25) is 0 Å². The van der Waals surface area contributed by atoms with Gasteiger partial charge in [0.25, 0.3) is 5.91 Å². The lowest BCUT2D eigenvalue weighted by atomic mass is 9.97. The fraction of sp³-hybridized carbons (Fsp3) is 0.591. The van der Waals surface area contributed by atoms with E-state index in [4.69, 9.17) is 4.74 Å². The van der Waals surface area contributed by atoms with Gasteiger partial charge in [-0.3, -0.25) is 4.79 Å². The molecule has 0 bridgehead atoms. The number of carbonyl (C=O) groups is 1. The number of ether oxygens (including phenoxy) is 1. The first-order chi connectivity index (χ1) is 13.6. The SMILES string of the molecule is Cc1ccc(C)c(OCC(=O)N2CCCC(c3nnc4n3CCCCC4)C2)c1. The van der Waals surface area contributed by atoms with Crippen molar-refractivity contribution in [2.24, 2.45) is 0 Å². The van der Waals surface area contributed by atoms with Gasteiger partial charge in [0.15, 0.2) is 6.61 Å². The molecule has 28 heavy (non-hydrogen) atoms. The summed E-state index contributed by atoms with van der Waals surface area (Å²) in [6.07, 6.45) is 6.74. The number of benzene rings is 1. The number of piperidine rings is 1. The van der Waals surface area contributed by atoms with Crippen LogP contribution in [0.1, 0.15) is 60.8 Å². The molecule has 1 aromatic heterocycles. The lowest BCUT2D eigenvalue weighted by molar-refractivity contribution is -0.134. The third kappa shape index (κ3) is 4.05. The van der Waals surface area contributed by atoms with E-state index in [1.54, 1.807) is 0 Å². The molecule has 1 saturated heterocycles. The van der Waals surface area contributed by atoms with Crippen molar-refractivity contribution in [3.05, 3.63) is 41.0 Å². The molecule has 0 radical (unpaired) electrons. The van der Waals surface area contributed by atoms with Crippen LogP contribution in [0.5, 0.6) is 5.75 Å². The van der Waals surface area contributed by atoms with E-state index in [0.717, 1.165) is 60.9 Å². The van der Waals surface area contributed by atoms with Crippen LogP contribution < -0.4 is 4.74 Å². The molecular weight excluding hydrogens is 352 g/mol. The van der Waals surface area contributed by atoms with E-state index in [2.05, 4.69) is 20.8 Å². The summed E-state index contributed by atoms with van der Waals surface area (Å²) < 4.78 is 8.16. The van der Waals surface area contributed by atoms with Crippen LogP contribution in [0, 0.1) is 13.8 Å². The molecule has 0 aliphatic carbocycles. The zero-order chi connectivity index (χ0) is 19.5. The molecule has 0 spiro atoms. The number of carbonyl (C=O) groups excluding carboxylic acids is 1. The number of aromatic nitrogens is 3. The molecule has 1 amide bonds. The normalized spacial score (nSPS) is 19.8. The number of nitrogens with zero attached hydrogens (tertiary/aromatic N) is 4. The fourth-order valence-corrected chi connectivity index (χ4v) is 4.32.